The van der Waals surface area contributed by atoms with Gasteiger partial charge in [-0.3, -0.25) is 9.59 Å². The van der Waals surface area contributed by atoms with Crippen LogP contribution in [0.5, 0.6) is 11.5 Å². The highest BCUT2D eigenvalue weighted by molar-refractivity contribution is 7.99. The lowest BCUT2D eigenvalue weighted by molar-refractivity contribution is -0.126. The van der Waals surface area contributed by atoms with Gasteiger partial charge in [-0.1, -0.05) is 18.2 Å². The molecule has 1 aliphatic heterocycles. The first-order valence-corrected chi connectivity index (χ1v) is 10.1. The van der Waals surface area contributed by atoms with Crippen molar-refractivity contribution < 1.29 is 19.1 Å². The van der Waals surface area contributed by atoms with Crippen LogP contribution in [0, 0.1) is 5.92 Å². The number of carbonyl (C=O) groups is 2. The number of hydrogen-bond donors (Lipinski definition) is 1. The lowest BCUT2D eigenvalue weighted by Gasteiger charge is -2.20. The summed E-state index contributed by atoms with van der Waals surface area (Å²) in [5.41, 5.74) is 0.656. The highest BCUT2D eigenvalue weighted by atomic mass is 32.2. The highest BCUT2D eigenvalue weighted by Gasteiger charge is 2.36. The molecule has 0 saturated carbocycles. The Labute approximate surface area is 169 Å². The average Bonchev–Trinajstić information content (AvgIpc) is 3.12. The second kappa shape index (κ2) is 9.50. The van der Waals surface area contributed by atoms with Gasteiger partial charge in [0.15, 0.2) is 0 Å². The van der Waals surface area contributed by atoms with Crippen LogP contribution in [0.2, 0.25) is 0 Å². The zero-order chi connectivity index (χ0) is 19.9. The van der Waals surface area contributed by atoms with Gasteiger partial charge in [0.2, 0.25) is 11.8 Å². The molecule has 28 heavy (non-hydrogen) atoms. The molecule has 148 valence electrons. The van der Waals surface area contributed by atoms with Crippen molar-refractivity contribution in [2.24, 2.45) is 5.92 Å². The molecule has 0 spiro atoms. The zero-order valence-corrected chi connectivity index (χ0v) is 16.8. The van der Waals surface area contributed by atoms with E-state index in [4.69, 9.17) is 9.47 Å². The fraction of sp³-hybridized carbons (Fsp3) is 0.333. The van der Waals surface area contributed by atoms with Crippen molar-refractivity contribution in [3.8, 4) is 11.5 Å². The minimum absolute atomic E-state index is 0.0812. The van der Waals surface area contributed by atoms with E-state index in [1.165, 1.54) is 4.90 Å². The summed E-state index contributed by atoms with van der Waals surface area (Å²) >= 11 is 1.69. The Morgan fingerprint density at radius 2 is 1.96 bits per heavy atom. The monoisotopic (exact) mass is 400 g/mol. The summed E-state index contributed by atoms with van der Waals surface area (Å²) in [4.78, 5) is 27.7. The number of nitrogens with zero attached hydrogens (tertiary/aromatic N) is 1. The lowest BCUT2D eigenvalue weighted by atomic mass is 10.1. The number of methoxy groups -OCH3 is 2. The largest absolute Gasteiger partial charge is 0.497 e. The van der Waals surface area contributed by atoms with Crippen LogP contribution >= 0.6 is 11.8 Å². The van der Waals surface area contributed by atoms with Crippen LogP contribution in [0.3, 0.4) is 0 Å². The fourth-order valence-corrected chi connectivity index (χ4v) is 3.92. The van der Waals surface area contributed by atoms with Crippen molar-refractivity contribution in [2.75, 3.05) is 38.0 Å². The molecule has 2 aromatic rings. The van der Waals surface area contributed by atoms with Crippen LogP contribution in [0.4, 0.5) is 5.69 Å². The summed E-state index contributed by atoms with van der Waals surface area (Å²) in [6.07, 6.45) is 0.201. The molecule has 1 saturated heterocycles. The molecule has 7 heteroatoms. The molecule has 0 radical (unpaired) electrons. The van der Waals surface area contributed by atoms with Gasteiger partial charge in [-0.2, -0.15) is 0 Å². The Balaban J connectivity index is 1.54. The molecule has 1 heterocycles. The van der Waals surface area contributed by atoms with Gasteiger partial charge in [0.1, 0.15) is 11.5 Å². The van der Waals surface area contributed by atoms with Crippen LogP contribution in [0.25, 0.3) is 0 Å². The average molecular weight is 401 g/mol. The third-order valence-electron chi connectivity index (χ3n) is 4.59. The minimum Gasteiger partial charge on any atom is -0.497 e. The number of benzene rings is 2. The van der Waals surface area contributed by atoms with Gasteiger partial charge in [-0.15, -0.1) is 11.8 Å². The van der Waals surface area contributed by atoms with Gasteiger partial charge in [-0.25, -0.2) is 0 Å². The van der Waals surface area contributed by atoms with E-state index in [9.17, 15) is 9.59 Å². The molecular formula is C21H24N2O4S. The molecule has 0 aromatic heterocycles. The SMILES string of the molecule is COc1ccc(N2CC(C(=O)NCCSc3ccccc3)CC2=O)c(OC)c1. The van der Waals surface area contributed by atoms with Gasteiger partial charge < -0.3 is 19.7 Å². The Bertz CT molecular complexity index is 828. The topological polar surface area (TPSA) is 67.9 Å². The molecule has 2 amide bonds. The van der Waals surface area contributed by atoms with E-state index in [1.807, 2.05) is 30.3 Å². The van der Waals surface area contributed by atoms with Crippen molar-refractivity contribution >= 4 is 29.3 Å². The summed E-state index contributed by atoms with van der Waals surface area (Å²) in [5.74, 6) is 1.46. The van der Waals surface area contributed by atoms with Crippen molar-refractivity contribution in [3.63, 3.8) is 0 Å². The van der Waals surface area contributed by atoms with Crippen molar-refractivity contribution in [2.45, 2.75) is 11.3 Å². The molecular weight excluding hydrogens is 376 g/mol. The number of rotatable bonds is 8. The number of carbonyl (C=O) groups excluding carboxylic acids is 2. The van der Waals surface area contributed by atoms with Crippen LogP contribution in [-0.4, -0.2) is 44.9 Å². The predicted molar refractivity (Wildman–Crippen MR) is 110 cm³/mol. The number of ether oxygens (including phenoxy) is 2. The molecule has 2 aromatic carbocycles. The smallest absolute Gasteiger partial charge is 0.227 e. The van der Waals surface area contributed by atoms with Gasteiger partial charge in [0.05, 0.1) is 25.8 Å². The Kier molecular flexibility index (Phi) is 6.81. The summed E-state index contributed by atoms with van der Waals surface area (Å²) in [6, 6.07) is 15.3. The molecule has 1 N–H and O–H groups in total. The molecule has 1 atom stereocenters. The van der Waals surface area contributed by atoms with Crippen LogP contribution < -0.4 is 19.7 Å². The van der Waals surface area contributed by atoms with E-state index in [1.54, 1.807) is 49.1 Å². The van der Waals surface area contributed by atoms with Crippen LogP contribution in [-0.2, 0) is 9.59 Å². The normalized spacial score (nSPS) is 16.1. The van der Waals surface area contributed by atoms with Gasteiger partial charge in [-0.05, 0) is 24.3 Å². The van der Waals surface area contributed by atoms with Crippen molar-refractivity contribution in [3.05, 3.63) is 48.5 Å². The standard InChI is InChI=1S/C21H24N2O4S/c1-26-16-8-9-18(19(13-16)27-2)23-14-15(12-20(23)24)21(25)22-10-11-28-17-6-4-3-5-7-17/h3-9,13,15H,10-12,14H2,1-2H3,(H,22,25). The van der Waals surface area contributed by atoms with E-state index in [0.717, 1.165) is 5.75 Å². The van der Waals surface area contributed by atoms with Crippen molar-refractivity contribution in [1.82, 2.24) is 5.32 Å². The number of hydrogen-bond acceptors (Lipinski definition) is 5. The quantitative estimate of drug-likeness (QED) is 0.545. The maximum Gasteiger partial charge on any atom is 0.227 e. The maximum absolute atomic E-state index is 12.5. The summed E-state index contributed by atoms with van der Waals surface area (Å²) < 4.78 is 10.6. The van der Waals surface area contributed by atoms with Crippen molar-refractivity contribution in [1.29, 1.82) is 0 Å². The first kappa shape index (κ1) is 20.1. The Morgan fingerprint density at radius 1 is 1.18 bits per heavy atom. The number of thioether (sulfide) groups is 1. The third kappa shape index (κ3) is 4.78. The van der Waals surface area contributed by atoms with E-state index < -0.39 is 0 Å². The third-order valence-corrected chi connectivity index (χ3v) is 5.60. The predicted octanol–water partition coefficient (Wildman–Crippen LogP) is 2.97. The van der Waals surface area contributed by atoms with Gasteiger partial charge in [0, 0.05) is 36.2 Å². The molecule has 1 aliphatic rings. The molecule has 1 unspecified atom stereocenters. The summed E-state index contributed by atoms with van der Waals surface area (Å²) in [7, 11) is 3.12. The number of amides is 2. The van der Waals surface area contributed by atoms with Gasteiger partial charge in [0.25, 0.3) is 0 Å². The molecule has 6 nitrogen and oxygen atoms in total. The molecule has 3 rings (SSSR count). The van der Waals surface area contributed by atoms with Crippen LogP contribution in [0.15, 0.2) is 53.4 Å². The van der Waals surface area contributed by atoms with Gasteiger partial charge >= 0.3 is 0 Å². The molecule has 1 fully saturated rings. The van der Waals surface area contributed by atoms with E-state index >= 15 is 0 Å². The van der Waals surface area contributed by atoms with E-state index in [0.29, 0.717) is 30.3 Å². The highest BCUT2D eigenvalue weighted by Crippen LogP contribution is 2.35. The zero-order valence-electron chi connectivity index (χ0n) is 16.0. The van der Waals surface area contributed by atoms with E-state index in [-0.39, 0.29) is 24.2 Å². The first-order chi connectivity index (χ1) is 13.6. The maximum atomic E-state index is 12.5. The lowest BCUT2D eigenvalue weighted by Crippen LogP contribution is -2.34. The minimum atomic E-state index is -0.360. The number of nitrogens with one attached hydrogen (secondary N) is 1. The summed E-state index contributed by atoms with van der Waals surface area (Å²) in [5, 5.41) is 2.94. The van der Waals surface area contributed by atoms with Crippen LogP contribution in [0.1, 0.15) is 6.42 Å². The summed E-state index contributed by atoms with van der Waals surface area (Å²) in [6.45, 7) is 0.911. The molecule has 0 aliphatic carbocycles. The number of anilines is 1. The second-order valence-electron chi connectivity index (χ2n) is 6.40. The second-order valence-corrected chi connectivity index (χ2v) is 7.56. The van der Waals surface area contributed by atoms with E-state index in [2.05, 4.69) is 5.32 Å². The Hall–Kier alpha value is -2.67. The fourth-order valence-electron chi connectivity index (χ4n) is 3.13. The molecule has 0 bridgehead atoms. The first-order valence-electron chi connectivity index (χ1n) is 9.10. The Morgan fingerprint density at radius 3 is 2.68 bits per heavy atom.